The van der Waals surface area contributed by atoms with Crippen LogP contribution in [-0.2, 0) is 23.9 Å². The van der Waals surface area contributed by atoms with Crippen LogP contribution >= 0.6 is 0 Å². The molecule has 0 aliphatic heterocycles. The molecule has 4 unspecified atom stereocenters. The van der Waals surface area contributed by atoms with Gasteiger partial charge in [-0.1, -0.05) is 30.4 Å². The van der Waals surface area contributed by atoms with Crippen molar-refractivity contribution in [2.24, 2.45) is 17.8 Å². The molecule has 1 N–H and O–H groups in total. The molecule has 0 aromatic heterocycles. The van der Waals surface area contributed by atoms with Gasteiger partial charge < -0.3 is 14.6 Å². The lowest BCUT2D eigenvalue weighted by molar-refractivity contribution is -0.152. The largest absolute Gasteiger partial charge is 0.481 e. The molecule has 156 valence electrons. The lowest BCUT2D eigenvalue weighted by atomic mass is 9.99. The summed E-state index contributed by atoms with van der Waals surface area (Å²) in [5, 5.41) is 9.15. The molecule has 0 aromatic carbocycles. The zero-order valence-corrected chi connectivity index (χ0v) is 16.5. The summed E-state index contributed by atoms with van der Waals surface area (Å²) < 4.78 is 11.2. The van der Waals surface area contributed by atoms with E-state index in [4.69, 9.17) is 14.6 Å². The monoisotopic (exact) mass is 400 g/mol. The van der Waals surface area contributed by atoms with Gasteiger partial charge in [0.25, 0.3) is 0 Å². The van der Waals surface area contributed by atoms with E-state index in [-0.39, 0.29) is 29.9 Å². The number of ether oxygens (including phenoxy) is 2. The number of aliphatic carboxylic acids is 1. The molecule has 0 heterocycles. The van der Waals surface area contributed by atoms with Crippen molar-refractivity contribution in [3.05, 3.63) is 48.3 Å². The first kappa shape index (κ1) is 21.1. The van der Waals surface area contributed by atoms with E-state index in [1.807, 2.05) is 30.4 Å². The van der Waals surface area contributed by atoms with Crippen LogP contribution in [0.2, 0.25) is 0 Å². The lowest BCUT2D eigenvalue weighted by Gasteiger charge is -2.19. The van der Waals surface area contributed by atoms with Crippen LogP contribution in [0.3, 0.4) is 0 Å². The van der Waals surface area contributed by atoms with Crippen molar-refractivity contribution in [1.82, 2.24) is 0 Å². The van der Waals surface area contributed by atoms with Gasteiger partial charge in [0, 0.05) is 6.42 Å². The van der Waals surface area contributed by atoms with E-state index in [1.165, 1.54) is 0 Å². The maximum atomic E-state index is 12.6. The fourth-order valence-electron chi connectivity index (χ4n) is 3.84. The Balaban J connectivity index is 1.45. The number of allylic oxidation sites excluding steroid dienone is 6. The summed E-state index contributed by atoms with van der Waals surface area (Å²) in [5.41, 5.74) is 0. The second-order valence-electron chi connectivity index (χ2n) is 7.81. The number of hydrogen-bond donors (Lipinski definition) is 1. The fraction of sp³-hybridized carbons (Fsp3) is 0.522. The van der Waals surface area contributed by atoms with E-state index < -0.39 is 11.9 Å². The average Bonchev–Trinajstić information content (AvgIpc) is 3.09. The molecule has 4 atom stereocenters. The Hall–Kier alpha value is -2.63. The molecule has 3 rings (SSSR count). The molecule has 6 nitrogen and oxygen atoms in total. The first-order chi connectivity index (χ1) is 14.0. The van der Waals surface area contributed by atoms with Crippen molar-refractivity contribution in [2.45, 2.75) is 57.5 Å². The Kier molecular flexibility index (Phi) is 7.44. The highest BCUT2D eigenvalue weighted by molar-refractivity contribution is 5.76. The maximum absolute atomic E-state index is 12.6. The number of carbonyl (C=O) groups is 3. The highest BCUT2D eigenvalue weighted by Crippen LogP contribution is 2.28. The molecule has 0 saturated heterocycles. The number of carboxylic acid groups (broad SMARTS) is 1. The molecule has 29 heavy (non-hydrogen) atoms. The molecular formula is C23H28O6. The molecular weight excluding hydrogens is 372 g/mol. The summed E-state index contributed by atoms with van der Waals surface area (Å²) in [5.74, 6) is -1.59. The van der Waals surface area contributed by atoms with Crippen molar-refractivity contribution in [3.8, 4) is 0 Å². The SMILES string of the molecule is O=C(OC1=CCCC(C(=O)OC2C=CCC(C(=O)O)CC2)CC1)C1C=CC=CC1. The van der Waals surface area contributed by atoms with Gasteiger partial charge in [0.1, 0.15) is 11.9 Å². The summed E-state index contributed by atoms with van der Waals surface area (Å²) in [6, 6.07) is 0. The van der Waals surface area contributed by atoms with Crippen molar-refractivity contribution >= 4 is 17.9 Å². The minimum absolute atomic E-state index is 0.244. The van der Waals surface area contributed by atoms with Crippen LogP contribution in [0.4, 0.5) is 0 Å². The molecule has 0 bridgehead atoms. The Bertz CT molecular complexity index is 744. The second-order valence-corrected chi connectivity index (χ2v) is 7.81. The zero-order valence-electron chi connectivity index (χ0n) is 16.5. The van der Waals surface area contributed by atoms with E-state index in [1.54, 1.807) is 12.2 Å². The van der Waals surface area contributed by atoms with Crippen LogP contribution < -0.4 is 0 Å². The number of carbonyl (C=O) groups excluding carboxylic acids is 2. The van der Waals surface area contributed by atoms with Gasteiger partial charge in [0.15, 0.2) is 0 Å². The minimum atomic E-state index is -0.807. The molecule has 6 heteroatoms. The summed E-state index contributed by atoms with van der Waals surface area (Å²) in [7, 11) is 0. The predicted octanol–water partition coefficient (Wildman–Crippen LogP) is 4.09. The Morgan fingerprint density at radius 3 is 2.52 bits per heavy atom. The van der Waals surface area contributed by atoms with Gasteiger partial charge in [-0.25, -0.2) is 0 Å². The van der Waals surface area contributed by atoms with Gasteiger partial charge >= 0.3 is 17.9 Å². The Morgan fingerprint density at radius 2 is 1.76 bits per heavy atom. The normalized spacial score (nSPS) is 29.3. The summed E-state index contributed by atoms with van der Waals surface area (Å²) in [6.45, 7) is 0. The van der Waals surface area contributed by atoms with Crippen molar-refractivity contribution in [2.75, 3.05) is 0 Å². The molecule has 3 aliphatic carbocycles. The third-order valence-electron chi connectivity index (χ3n) is 5.66. The van der Waals surface area contributed by atoms with Crippen molar-refractivity contribution in [3.63, 3.8) is 0 Å². The van der Waals surface area contributed by atoms with E-state index in [0.717, 1.165) is 0 Å². The molecule has 0 aromatic rings. The highest BCUT2D eigenvalue weighted by atomic mass is 16.5. The first-order valence-corrected chi connectivity index (χ1v) is 10.4. The Morgan fingerprint density at radius 1 is 0.897 bits per heavy atom. The molecule has 0 radical (unpaired) electrons. The third-order valence-corrected chi connectivity index (χ3v) is 5.66. The van der Waals surface area contributed by atoms with Crippen LogP contribution in [0.5, 0.6) is 0 Å². The van der Waals surface area contributed by atoms with Gasteiger partial charge in [0.2, 0.25) is 0 Å². The number of rotatable bonds is 5. The molecule has 0 amide bonds. The Labute approximate surface area is 170 Å². The van der Waals surface area contributed by atoms with Gasteiger partial charge in [-0.05, 0) is 57.1 Å². The average molecular weight is 400 g/mol. The van der Waals surface area contributed by atoms with E-state index in [9.17, 15) is 14.4 Å². The van der Waals surface area contributed by atoms with Crippen LogP contribution in [0.25, 0.3) is 0 Å². The number of hydrogen-bond acceptors (Lipinski definition) is 5. The zero-order chi connectivity index (χ0) is 20.6. The topological polar surface area (TPSA) is 89.9 Å². The second kappa shape index (κ2) is 10.2. The summed E-state index contributed by atoms with van der Waals surface area (Å²) in [6.07, 6.45) is 17.2. The van der Waals surface area contributed by atoms with Crippen LogP contribution in [-0.4, -0.2) is 29.1 Å². The molecule has 0 fully saturated rings. The smallest absolute Gasteiger partial charge is 0.318 e. The summed E-state index contributed by atoms with van der Waals surface area (Å²) >= 11 is 0. The van der Waals surface area contributed by atoms with E-state index in [0.29, 0.717) is 57.1 Å². The van der Waals surface area contributed by atoms with Crippen LogP contribution in [0, 0.1) is 17.8 Å². The van der Waals surface area contributed by atoms with Gasteiger partial charge in [-0.15, -0.1) is 0 Å². The van der Waals surface area contributed by atoms with E-state index in [2.05, 4.69) is 0 Å². The van der Waals surface area contributed by atoms with Gasteiger partial charge in [-0.3, -0.25) is 14.4 Å². The maximum Gasteiger partial charge on any atom is 0.318 e. The number of carboxylic acids is 1. The third kappa shape index (κ3) is 6.17. The van der Waals surface area contributed by atoms with Crippen LogP contribution in [0.1, 0.15) is 51.4 Å². The molecule has 0 spiro atoms. The fourth-order valence-corrected chi connectivity index (χ4v) is 3.84. The lowest BCUT2D eigenvalue weighted by Crippen LogP contribution is -2.23. The first-order valence-electron chi connectivity index (χ1n) is 10.4. The van der Waals surface area contributed by atoms with Gasteiger partial charge in [0.05, 0.1) is 17.8 Å². The molecule has 3 aliphatic rings. The number of esters is 2. The highest BCUT2D eigenvalue weighted by Gasteiger charge is 2.28. The predicted molar refractivity (Wildman–Crippen MR) is 107 cm³/mol. The van der Waals surface area contributed by atoms with Crippen LogP contribution in [0.15, 0.2) is 48.3 Å². The molecule has 0 saturated carbocycles. The minimum Gasteiger partial charge on any atom is -0.481 e. The quantitative estimate of drug-likeness (QED) is 0.552. The van der Waals surface area contributed by atoms with Gasteiger partial charge in [-0.2, -0.15) is 0 Å². The van der Waals surface area contributed by atoms with Crippen molar-refractivity contribution in [1.29, 1.82) is 0 Å². The standard InChI is InChI=1S/C23H28O6/c24-21(25)16-8-4-10-19(14-12-16)29-23(27)18-9-5-11-20(15-13-18)28-22(26)17-6-2-1-3-7-17/h1-4,6,10-11,16-19H,5,7-9,12-15H2,(H,24,25). The summed E-state index contributed by atoms with van der Waals surface area (Å²) in [4.78, 5) is 36.0. The van der Waals surface area contributed by atoms with E-state index >= 15 is 0 Å². The van der Waals surface area contributed by atoms with Crippen molar-refractivity contribution < 1.29 is 29.0 Å².